The number of halogens is 3. The van der Waals surface area contributed by atoms with Crippen molar-refractivity contribution in [2.75, 3.05) is 13.2 Å². The second kappa shape index (κ2) is 6.58. The third-order valence-electron chi connectivity index (χ3n) is 1.97. The van der Waals surface area contributed by atoms with E-state index in [0.717, 1.165) is 5.56 Å². The summed E-state index contributed by atoms with van der Waals surface area (Å²) in [4.78, 5) is 0. The molecule has 1 atom stereocenters. The lowest BCUT2D eigenvalue weighted by molar-refractivity contribution is -0.332. The highest BCUT2D eigenvalue weighted by Gasteiger charge is 2.30. The van der Waals surface area contributed by atoms with Gasteiger partial charge in [-0.05, 0) is 5.56 Å². The summed E-state index contributed by atoms with van der Waals surface area (Å²) < 4.78 is 44.0. The first-order valence-corrected chi connectivity index (χ1v) is 4.98. The van der Waals surface area contributed by atoms with Gasteiger partial charge < -0.3 is 9.84 Å². The van der Waals surface area contributed by atoms with Gasteiger partial charge in [-0.3, -0.25) is 4.74 Å². The number of hydrogen-bond donors (Lipinski definition) is 1. The molecule has 6 heteroatoms. The van der Waals surface area contributed by atoms with Crippen molar-refractivity contribution in [2.45, 2.75) is 19.1 Å². The average molecular weight is 250 g/mol. The molecular weight excluding hydrogens is 237 g/mol. The van der Waals surface area contributed by atoms with Crippen molar-refractivity contribution >= 4 is 0 Å². The van der Waals surface area contributed by atoms with Gasteiger partial charge in [-0.1, -0.05) is 30.3 Å². The van der Waals surface area contributed by atoms with Crippen LogP contribution in [-0.2, 0) is 16.1 Å². The zero-order valence-corrected chi connectivity index (χ0v) is 8.98. The number of benzene rings is 1. The van der Waals surface area contributed by atoms with Crippen LogP contribution in [0.3, 0.4) is 0 Å². The van der Waals surface area contributed by atoms with Crippen molar-refractivity contribution in [2.24, 2.45) is 0 Å². The topological polar surface area (TPSA) is 38.7 Å². The molecule has 0 amide bonds. The summed E-state index contributed by atoms with van der Waals surface area (Å²) in [5.74, 6) is 0. The van der Waals surface area contributed by atoms with E-state index >= 15 is 0 Å². The first-order chi connectivity index (χ1) is 8.01. The van der Waals surface area contributed by atoms with Crippen LogP contribution in [0.1, 0.15) is 5.56 Å². The Morgan fingerprint density at radius 3 is 2.35 bits per heavy atom. The molecule has 1 N–H and O–H groups in total. The van der Waals surface area contributed by atoms with Crippen LogP contribution in [0.5, 0.6) is 0 Å². The summed E-state index contributed by atoms with van der Waals surface area (Å²) in [5.41, 5.74) is 0.818. The Hall–Kier alpha value is -1.11. The molecule has 0 aliphatic heterocycles. The van der Waals surface area contributed by atoms with Crippen LogP contribution in [0.2, 0.25) is 0 Å². The quantitative estimate of drug-likeness (QED) is 0.840. The minimum Gasteiger partial charge on any atom is -0.394 e. The van der Waals surface area contributed by atoms with E-state index in [4.69, 9.17) is 9.84 Å². The van der Waals surface area contributed by atoms with Crippen molar-refractivity contribution in [3.8, 4) is 0 Å². The number of ether oxygens (including phenoxy) is 2. The molecule has 0 saturated heterocycles. The summed E-state index contributed by atoms with van der Waals surface area (Å²) in [6.45, 7) is -1.11. The maximum atomic E-state index is 11.8. The fraction of sp³-hybridized carbons (Fsp3) is 0.455. The Balaban J connectivity index is 2.33. The molecule has 0 bridgehead atoms. The molecule has 1 unspecified atom stereocenters. The minimum atomic E-state index is -4.70. The Bertz CT molecular complexity index is 313. The fourth-order valence-corrected chi connectivity index (χ4v) is 1.13. The van der Waals surface area contributed by atoms with Gasteiger partial charge in [0.2, 0.25) is 0 Å². The molecule has 1 aromatic carbocycles. The fourth-order valence-electron chi connectivity index (χ4n) is 1.13. The minimum absolute atomic E-state index is 0.132. The largest absolute Gasteiger partial charge is 0.522 e. The monoisotopic (exact) mass is 250 g/mol. The number of aliphatic hydroxyl groups is 1. The highest BCUT2D eigenvalue weighted by Crippen LogP contribution is 2.17. The second-order valence-corrected chi connectivity index (χ2v) is 3.36. The van der Waals surface area contributed by atoms with E-state index in [1.165, 1.54) is 0 Å². The lowest BCUT2D eigenvalue weighted by atomic mass is 10.2. The molecule has 0 saturated carbocycles. The molecular formula is C11H13F3O3. The smallest absolute Gasteiger partial charge is 0.394 e. The van der Waals surface area contributed by atoms with Crippen LogP contribution < -0.4 is 0 Å². The summed E-state index contributed by atoms with van der Waals surface area (Å²) in [6, 6.07) is 8.95. The molecule has 0 aromatic heterocycles. The maximum absolute atomic E-state index is 11.8. The van der Waals surface area contributed by atoms with Gasteiger partial charge in [0.05, 0.1) is 19.8 Å². The lowest BCUT2D eigenvalue weighted by Gasteiger charge is -2.16. The van der Waals surface area contributed by atoms with Crippen molar-refractivity contribution < 1.29 is 27.8 Å². The van der Waals surface area contributed by atoms with Gasteiger partial charge in [0.1, 0.15) is 6.10 Å². The van der Waals surface area contributed by atoms with Crippen molar-refractivity contribution in [3.05, 3.63) is 35.9 Å². The van der Waals surface area contributed by atoms with Crippen LogP contribution in [0.4, 0.5) is 13.2 Å². The molecule has 1 rings (SSSR count). The number of hydrogen-bond acceptors (Lipinski definition) is 3. The Morgan fingerprint density at radius 2 is 1.82 bits per heavy atom. The van der Waals surface area contributed by atoms with E-state index in [0.29, 0.717) is 0 Å². The highest BCUT2D eigenvalue weighted by molar-refractivity contribution is 5.13. The Labute approximate surface area is 96.8 Å². The molecule has 0 fully saturated rings. The van der Waals surface area contributed by atoms with Crippen LogP contribution in [0.25, 0.3) is 0 Å². The van der Waals surface area contributed by atoms with Gasteiger partial charge >= 0.3 is 6.36 Å². The maximum Gasteiger partial charge on any atom is 0.522 e. The van der Waals surface area contributed by atoms with E-state index in [1.54, 1.807) is 24.3 Å². The van der Waals surface area contributed by atoms with Gasteiger partial charge in [0.15, 0.2) is 0 Å². The van der Waals surface area contributed by atoms with Crippen LogP contribution in [0, 0.1) is 0 Å². The molecule has 0 aliphatic carbocycles. The van der Waals surface area contributed by atoms with Gasteiger partial charge in [-0.2, -0.15) is 0 Å². The van der Waals surface area contributed by atoms with Gasteiger partial charge in [0.25, 0.3) is 0 Å². The van der Waals surface area contributed by atoms with Crippen LogP contribution in [-0.4, -0.2) is 30.8 Å². The van der Waals surface area contributed by atoms with E-state index in [2.05, 4.69) is 4.74 Å². The van der Waals surface area contributed by atoms with E-state index in [9.17, 15) is 13.2 Å². The summed E-state index contributed by atoms with van der Waals surface area (Å²) in [5, 5.41) is 8.83. The molecule has 17 heavy (non-hydrogen) atoms. The first-order valence-electron chi connectivity index (χ1n) is 4.98. The van der Waals surface area contributed by atoms with Crippen LogP contribution >= 0.6 is 0 Å². The predicted octanol–water partition coefficient (Wildman–Crippen LogP) is 2.10. The first kappa shape index (κ1) is 14.0. The summed E-state index contributed by atoms with van der Waals surface area (Å²) in [7, 11) is 0. The summed E-state index contributed by atoms with van der Waals surface area (Å²) >= 11 is 0. The second-order valence-electron chi connectivity index (χ2n) is 3.36. The van der Waals surface area contributed by atoms with E-state index in [1.807, 2.05) is 6.07 Å². The van der Waals surface area contributed by atoms with E-state index < -0.39 is 25.7 Å². The molecule has 1 aromatic rings. The van der Waals surface area contributed by atoms with Crippen molar-refractivity contribution in [3.63, 3.8) is 0 Å². The zero-order valence-electron chi connectivity index (χ0n) is 8.98. The number of aliphatic hydroxyl groups excluding tert-OH is 1. The van der Waals surface area contributed by atoms with Gasteiger partial charge in [-0.15, -0.1) is 13.2 Å². The molecule has 0 aliphatic rings. The van der Waals surface area contributed by atoms with Crippen molar-refractivity contribution in [1.82, 2.24) is 0 Å². The molecule has 0 spiro atoms. The average Bonchev–Trinajstić information content (AvgIpc) is 2.29. The Morgan fingerprint density at radius 1 is 1.18 bits per heavy atom. The number of rotatable bonds is 6. The molecule has 96 valence electrons. The SMILES string of the molecule is OCC(COC(F)(F)F)OCc1ccccc1. The molecule has 0 radical (unpaired) electrons. The summed E-state index contributed by atoms with van der Waals surface area (Å²) in [6.07, 6.45) is -5.69. The standard InChI is InChI=1S/C11H13F3O3/c12-11(13,14)17-8-10(6-15)16-7-9-4-2-1-3-5-9/h1-5,10,15H,6-8H2. The number of alkyl halides is 3. The van der Waals surface area contributed by atoms with Crippen LogP contribution in [0.15, 0.2) is 30.3 Å². The third-order valence-corrected chi connectivity index (χ3v) is 1.97. The molecule has 3 nitrogen and oxygen atoms in total. The molecule has 0 heterocycles. The highest BCUT2D eigenvalue weighted by atomic mass is 19.4. The van der Waals surface area contributed by atoms with E-state index in [-0.39, 0.29) is 6.61 Å². The predicted molar refractivity (Wildman–Crippen MR) is 54.1 cm³/mol. The van der Waals surface area contributed by atoms with Gasteiger partial charge in [0, 0.05) is 0 Å². The lowest BCUT2D eigenvalue weighted by Crippen LogP contribution is -2.28. The Kier molecular flexibility index (Phi) is 5.40. The zero-order chi connectivity index (χ0) is 12.7. The van der Waals surface area contributed by atoms with Crippen molar-refractivity contribution in [1.29, 1.82) is 0 Å². The van der Waals surface area contributed by atoms with Gasteiger partial charge in [-0.25, -0.2) is 0 Å². The third kappa shape index (κ3) is 6.25. The normalized spacial score (nSPS) is 13.6.